The second-order valence-corrected chi connectivity index (χ2v) is 8.92. The molecule has 0 aromatic heterocycles. The Bertz CT molecular complexity index is 774. The second kappa shape index (κ2) is 21.6. The lowest BCUT2D eigenvalue weighted by molar-refractivity contribution is -0.221. The number of allylic oxidation sites excluding steroid dienone is 10. The van der Waals surface area contributed by atoms with Crippen molar-refractivity contribution in [3.8, 4) is 0 Å². The van der Waals surface area contributed by atoms with Gasteiger partial charge in [0.1, 0.15) is 6.10 Å². The van der Waals surface area contributed by atoms with Gasteiger partial charge in [0.2, 0.25) is 11.8 Å². The lowest BCUT2D eigenvalue weighted by Crippen LogP contribution is -2.55. The molecular weight excluding hydrogens is 472 g/mol. The molecule has 1 fully saturated rings. The molecule has 0 radical (unpaired) electrons. The molecule has 8 nitrogen and oxygen atoms in total. The molecule has 0 aliphatic carbocycles. The van der Waals surface area contributed by atoms with E-state index in [9.17, 15) is 19.8 Å². The van der Waals surface area contributed by atoms with Crippen molar-refractivity contribution in [3.63, 3.8) is 0 Å². The van der Waals surface area contributed by atoms with E-state index >= 15 is 0 Å². The highest BCUT2D eigenvalue weighted by Crippen LogP contribution is 2.18. The predicted octanol–water partition coefficient (Wildman–Crippen LogP) is 3.36. The summed E-state index contributed by atoms with van der Waals surface area (Å²) in [7, 11) is 0. The van der Waals surface area contributed by atoms with Crippen LogP contribution >= 0.6 is 0 Å². The Labute approximate surface area is 221 Å². The minimum absolute atomic E-state index is 0.0588. The van der Waals surface area contributed by atoms with E-state index in [1.54, 1.807) is 0 Å². The number of carbonyl (C=O) groups is 2. The summed E-state index contributed by atoms with van der Waals surface area (Å²) in [4.78, 5) is 24.0. The summed E-state index contributed by atoms with van der Waals surface area (Å²) in [6.45, 7) is 1.92. The van der Waals surface area contributed by atoms with Crippen LogP contribution in [0.2, 0.25) is 0 Å². The number of carbonyl (C=O) groups excluding carboxylic acids is 2. The Hall–Kier alpha value is -2.52. The van der Waals surface area contributed by atoms with Crippen molar-refractivity contribution >= 4 is 11.8 Å². The van der Waals surface area contributed by atoms with Crippen LogP contribution in [0.25, 0.3) is 0 Å². The molecular formula is C29H46N2O6. The molecule has 5 N–H and O–H groups in total. The molecule has 208 valence electrons. The molecule has 0 bridgehead atoms. The predicted molar refractivity (Wildman–Crippen MR) is 146 cm³/mol. The van der Waals surface area contributed by atoms with E-state index < -0.39 is 31.1 Å². The number of hydrogen-bond acceptors (Lipinski definition) is 6. The van der Waals surface area contributed by atoms with Crippen LogP contribution in [0.1, 0.15) is 71.1 Å². The number of rotatable bonds is 18. The van der Waals surface area contributed by atoms with Crippen molar-refractivity contribution in [1.29, 1.82) is 0 Å². The summed E-state index contributed by atoms with van der Waals surface area (Å²) < 4.78 is 5.08. The monoisotopic (exact) mass is 518 g/mol. The SMILES string of the molecule is CCC=CCC=CCC=CCC=CCC=CCCCC(=O)NCCC(=O)NC1CC(O)C(CO)OC1O. The van der Waals surface area contributed by atoms with E-state index in [1.807, 2.05) is 0 Å². The van der Waals surface area contributed by atoms with Gasteiger partial charge in [-0.05, 0) is 44.9 Å². The van der Waals surface area contributed by atoms with Gasteiger partial charge in [0.05, 0.1) is 18.8 Å². The summed E-state index contributed by atoms with van der Waals surface area (Å²) in [6.07, 6.45) is 25.3. The molecule has 4 atom stereocenters. The van der Waals surface area contributed by atoms with E-state index in [0.29, 0.717) is 6.42 Å². The number of amides is 2. The zero-order chi connectivity index (χ0) is 27.1. The average molecular weight is 519 g/mol. The molecule has 8 heteroatoms. The quantitative estimate of drug-likeness (QED) is 0.140. The first-order valence-corrected chi connectivity index (χ1v) is 13.4. The molecule has 37 heavy (non-hydrogen) atoms. The van der Waals surface area contributed by atoms with Crippen molar-refractivity contribution in [2.45, 2.75) is 95.7 Å². The van der Waals surface area contributed by atoms with Gasteiger partial charge in [0.25, 0.3) is 0 Å². The van der Waals surface area contributed by atoms with Gasteiger partial charge in [0.15, 0.2) is 6.29 Å². The van der Waals surface area contributed by atoms with Crippen molar-refractivity contribution in [2.75, 3.05) is 13.2 Å². The topological polar surface area (TPSA) is 128 Å². The van der Waals surface area contributed by atoms with Gasteiger partial charge < -0.3 is 30.7 Å². The van der Waals surface area contributed by atoms with Crippen LogP contribution in [0.4, 0.5) is 0 Å². The van der Waals surface area contributed by atoms with Crippen LogP contribution in [0.15, 0.2) is 60.8 Å². The summed E-state index contributed by atoms with van der Waals surface area (Å²) in [5.74, 6) is -0.469. The van der Waals surface area contributed by atoms with Gasteiger partial charge in [-0.3, -0.25) is 9.59 Å². The maximum Gasteiger partial charge on any atom is 0.222 e. The van der Waals surface area contributed by atoms with Crippen molar-refractivity contribution in [2.24, 2.45) is 0 Å². The number of unbranched alkanes of at least 4 members (excludes halogenated alkanes) is 1. The summed E-state index contributed by atoms with van der Waals surface area (Å²) in [5, 5.41) is 34.1. The average Bonchev–Trinajstić information content (AvgIpc) is 2.87. The molecule has 1 saturated heterocycles. The molecule has 0 aromatic carbocycles. The molecule has 1 aliphatic heterocycles. The van der Waals surface area contributed by atoms with Gasteiger partial charge in [0, 0.05) is 25.8 Å². The first kappa shape index (κ1) is 32.5. The van der Waals surface area contributed by atoms with Gasteiger partial charge >= 0.3 is 0 Å². The number of aliphatic hydroxyl groups is 3. The van der Waals surface area contributed by atoms with E-state index in [4.69, 9.17) is 9.84 Å². The van der Waals surface area contributed by atoms with E-state index in [1.165, 1.54) is 0 Å². The highest BCUT2D eigenvalue weighted by atomic mass is 16.6. The molecule has 0 saturated carbocycles. The van der Waals surface area contributed by atoms with Crippen LogP contribution in [0, 0.1) is 0 Å². The fraction of sp³-hybridized carbons (Fsp3) is 0.586. The maximum absolute atomic E-state index is 12.0. The fourth-order valence-electron chi connectivity index (χ4n) is 3.62. The van der Waals surface area contributed by atoms with Crippen LogP contribution < -0.4 is 10.6 Å². The first-order valence-electron chi connectivity index (χ1n) is 13.4. The van der Waals surface area contributed by atoms with Crippen LogP contribution in [-0.4, -0.2) is 64.8 Å². The highest BCUT2D eigenvalue weighted by Gasteiger charge is 2.36. The number of nitrogens with one attached hydrogen (secondary N) is 2. The Morgan fingerprint density at radius 1 is 0.838 bits per heavy atom. The summed E-state index contributed by atoms with van der Waals surface area (Å²) in [5.41, 5.74) is 0. The molecule has 1 rings (SSSR count). The van der Waals surface area contributed by atoms with Crippen molar-refractivity contribution < 1.29 is 29.6 Å². The van der Waals surface area contributed by atoms with E-state index in [0.717, 1.165) is 44.9 Å². The van der Waals surface area contributed by atoms with Gasteiger partial charge in [-0.1, -0.05) is 67.7 Å². The Kier molecular flexibility index (Phi) is 18.9. The second-order valence-electron chi connectivity index (χ2n) is 8.92. The fourth-order valence-corrected chi connectivity index (χ4v) is 3.62. The minimum atomic E-state index is -1.30. The van der Waals surface area contributed by atoms with Gasteiger partial charge in [-0.15, -0.1) is 0 Å². The Morgan fingerprint density at radius 2 is 1.41 bits per heavy atom. The molecule has 4 unspecified atom stereocenters. The van der Waals surface area contributed by atoms with Crippen LogP contribution in [0.3, 0.4) is 0 Å². The number of aliphatic hydroxyl groups excluding tert-OH is 3. The third kappa shape index (κ3) is 16.8. The molecule has 1 heterocycles. The smallest absolute Gasteiger partial charge is 0.222 e. The summed E-state index contributed by atoms with van der Waals surface area (Å²) in [6, 6.07) is -0.760. The summed E-state index contributed by atoms with van der Waals surface area (Å²) >= 11 is 0. The van der Waals surface area contributed by atoms with Gasteiger partial charge in [-0.25, -0.2) is 0 Å². The van der Waals surface area contributed by atoms with E-state index in [-0.39, 0.29) is 31.2 Å². The Morgan fingerprint density at radius 3 is 1.97 bits per heavy atom. The molecule has 2 amide bonds. The zero-order valence-electron chi connectivity index (χ0n) is 22.1. The maximum atomic E-state index is 12.0. The largest absolute Gasteiger partial charge is 0.394 e. The minimum Gasteiger partial charge on any atom is -0.394 e. The third-order valence-corrected chi connectivity index (χ3v) is 5.72. The number of ether oxygens (including phenoxy) is 1. The third-order valence-electron chi connectivity index (χ3n) is 5.72. The zero-order valence-corrected chi connectivity index (χ0v) is 22.1. The normalized spacial score (nSPS) is 22.7. The number of hydrogen-bond donors (Lipinski definition) is 5. The lowest BCUT2D eigenvalue weighted by atomic mass is 10.0. The molecule has 0 aromatic rings. The standard InChI is InChI=1S/C29H46N2O6/c1-2-3-4-5-6-7-8-9-10-11-12-13-14-15-16-17-18-19-27(34)30-21-20-28(35)31-24-22-25(33)26(23-32)37-29(24)36/h3-4,6-7,9-10,12-13,15-16,24-26,29,32-33,36H,2,5,8,11,14,17-23H2,1H3,(H,30,34)(H,31,35). The van der Waals surface area contributed by atoms with Crippen LogP contribution in [-0.2, 0) is 14.3 Å². The Balaban J connectivity index is 2.02. The molecule has 0 spiro atoms. The lowest BCUT2D eigenvalue weighted by Gasteiger charge is -2.36. The van der Waals surface area contributed by atoms with Crippen molar-refractivity contribution in [1.82, 2.24) is 10.6 Å². The van der Waals surface area contributed by atoms with E-state index in [2.05, 4.69) is 78.3 Å². The highest BCUT2D eigenvalue weighted by molar-refractivity contribution is 5.79. The molecule has 1 aliphatic rings. The van der Waals surface area contributed by atoms with Crippen molar-refractivity contribution in [3.05, 3.63) is 60.8 Å². The van der Waals surface area contributed by atoms with Gasteiger partial charge in [-0.2, -0.15) is 0 Å². The first-order chi connectivity index (χ1) is 18.0. The van der Waals surface area contributed by atoms with Crippen LogP contribution in [0.5, 0.6) is 0 Å².